The number of rotatable bonds is 2. The Morgan fingerprint density at radius 1 is 1.24 bits per heavy atom. The average Bonchev–Trinajstić information content (AvgIpc) is 2.77. The molecule has 2 aromatic rings. The number of aromatic amines is 1. The van der Waals surface area contributed by atoms with Crippen molar-refractivity contribution in [2.24, 2.45) is 0 Å². The molecule has 0 aliphatic carbocycles. The molecule has 17 heavy (non-hydrogen) atoms. The summed E-state index contributed by atoms with van der Waals surface area (Å²) in [7, 11) is 0. The number of hydrogen-bond acceptors (Lipinski definition) is 1. The summed E-state index contributed by atoms with van der Waals surface area (Å²) in [6.07, 6.45) is 3.09. The summed E-state index contributed by atoms with van der Waals surface area (Å²) in [5.74, 6) is 0. The van der Waals surface area contributed by atoms with E-state index in [1.807, 2.05) is 0 Å². The Balaban J connectivity index is 2.27. The molecule has 0 saturated heterocycles. The Morgan fingerprint density at radius 2 is 2.00 bits per heavy atom. The van der Waals surface area contributed by atoms with Crippen molar-refractivity contribution in [1.82, 2.24) is 4.98 Å². The molecule has 90 valence electrons. The van der Waals surface area contributed by atoms with Crippen LogP contribution in [0.3, 0.4) is 0 Å². The lowest BCUT2D eigenvalue weighted by molar-refractivity contribution is -0.0686. The molecule has 1 aliphatic heterocycles. The van der Waals surface area contributed by atoms with E-state index in [-0.39, 0.29) is 5.60 Å². The minimum Gasteiger partial charge on any atom is -0.368 e. The number of para-hydroxylation sites is 1. The van der Waals surface area contributed by atoms with Crippen LogP contribution in [-0.2, 0) is 16.8 Å². The van der Waals surface area contributed by atoms with Crippen LogP contribution in [0.25, 0.3) is 10.9 Å². The summed E-state index contributed by atoms with van der Waals surface area (Å²) in [6.45, 7) is 5.27. The number of H-pyrrole nitrogens is 1. The number of fused-ring (bicyclic) bond motifs is 3. The minimum absolute atomic E-state index is 0.0907. The number of hydrogen-bond donors (Lipinski definition) is 1. The molecule has 2 nitrogen and oxygen atoms in total. The van der Waals surface area contributed by atoms with E-state index < -0.39 is 0 Å². The highest BCUT2D eigenvalue weighted by Crippen LogP contribution is 2.40. The van der Waals surface area contributed by atoms with Gasteiger partial charge in [-0.25, -0.2) is 0 Å². The van der Waals surface area contributed by atoms with Crippen LogP contribution in [0.4, 0.5) is 0 Å². The van der Waals surface area contributed by atoms with Gasteiger partial charge < -0.3 is 9.72 Å². The molecule has 0 bridgehead atoms. The van der Waals surface area contributed by atoms with Gasteiger partial charge in [-0.15, -0.1) is 0 Å². The largest absolute Gasteiger partial charge is 0.368 e. The molecule has 1 N–H and O–H groups in total. The molecular formula is C15H19NO. The fraction of sp³-hybridized carbons (Fsp3) is 0.467. The third-order valence-electron chi connectivity index (χ3n) is 4.14. The Bertz CT molecular complexity index is 537. The molecule has 0 atom stereocenters. The van der Waals surface area contributed by atoms with Crippen molar-refractivity contribution in [3.63, 3.8) is 0 Å². The predicted molar refractivity (Wildman–Crippen MR) is 70.2 cm³/mol. The van der Waals surface area contributed by atoms with E-state index in [9.17, 15) is 0 Å². The molecule has 2 heteroatoms. The summed E-state index contributed by atoms with van der Waals surface area (Å²) in [5.41, 5.74) is 3.94. The fourth-order valence-electron chi connectivity index (χ4n) is 3.08. The van der Waals surface area contributed by atoms with Gasteiger partial charge in [0, 0.05) is 10.9 Å². The Morgan fingerprint density at radius 3 is 2.76 bits per heavy atom. The summed E-state index contributed by atoms with van der Waals surface area (Å²) < 4.78 is 6.09. The van der Waals surface area contributed by atoms with Crippen LogP contribution < -0.4 is 0 Å². The van der Waals surface area contributed by atoms with Crippen LogP contribution in [0.1, 0.15) is 37.9 Å². The third kappa shape index (κ3) is 1.44. The van der Waals surface area contributed by atoms with Crippen LogP contribution in [0.15, 0.2) is 24.3 Å². The van der Waals surface area contributed by atoms with Crippen LogP contribution in [-0.4, -0.2) is 11.6 Å². The molecule has 1 aromatic carbocycles. The first-order valence-electron chi connectivity index (χ1n) is 6.55. The maximum atomic E-state index is 6.09. The van der Waals surface area contributed by atoms with Gasteiger partial charge in [-0.3, -0.25) is 0 Å². The fourth-order valence-corrected chi connectivity index (χ4v) is 3.08. The molecule has 1 aromatic heterocycles. The van der Waals surface area contributed by atoms with Gasteiger partial charge in [0.1, 0.15) is 5.60 Å². The molecular weight excluding hydrogens is 210 g/mol. The Kier molecular flexibility index (Phi) is 2.48. The molecule has 0 unspecified atom stereocenters. The lowest BCUT2D eigenvalue weighted by Crippen LogP contribution is -2.34. The second kappa shape index (κ2) is 3.88. The van der Waals surface area contributed by atoms with Crippen LogP contribution >= 0.6 is 0 Å². The van der Waals surface area contributed by atoms with Gasteiger partial charge in [0.05, 0.1) is 12.3 Å². The lowest BCUT2D eigenvalue weighted by Gasteiger charge is -2.36. The van der Waals surface area contributed by atoms with Crippen LogP contribution in [0, 0.1) is 0 Å². The third-order valence-corrected chi connectivity index (χ3v) is 4.14. The number of aromatic nitrogens is 1. The van der Waals surface area contributed by atoms with Crippen molar-refractivity contribution < 1.29 is 4.74 Å². The maximum absolute atomic E-state index is 6.09. The average molecular weight is 229 g/mol. The summed E-state index contributed by atoms with van der Waals surface area (Å²) >= 11 is 0. The molecule has 0 saturated carbocycles. The van der Waals surface area contributed by atoms with E-state index >= 15 is 0 Å². The predicted octanol–water partition coefficient (Wildman–Crippen LogP) is 3.76. The number of nitrogens with one attached hydrogen (secondary N) is 1. The first kappa shape index (κ1) is 10.8. The number of benzene rings is 1. The molecule has 0 spiro atoms. The van der Waals surface area contributed by atoms with Crippen molar-refractivity contribution in [3.05, 3.63) is 35.5 Å². The van der Waals surface area contributed by atoms with E-state index in [0.717, 1.165) is 25.9 Å². The highest BCUT2D eigenvalue weighted by Gasteiger charge is 2.36. The van der Waals surface area contributed by atoms with Crippen molar-refractivity contribution in [1.29, 1.82) is 0 Å². The van der Waals surface area contributed by atoms with Gasteiger partial charge in [-0.05, 0) is 30.9 Å². The van der Waals surface area contributed by atoms with Crippen molar-refractivity contribution in [3.8, 4) is 0 Å². The van der Waals surface area contributed by atoms with Crippen LogP contribution in [0.2, 0.25) is 0 Å². The summed E-state index contributed by atoms with van der Waals surface area (Å²) in [5, 5.41) is 1.37. The molecule has 0 fully saturated rings. The van der Waals surface area contributed by atoms with Gasteiger partial charge in [0.25, 0.3) is 0 Å². The SMILES string of the molecule is CCC1(CC)OCCc2c1[nH]c1ccccc21. The van der Waals surface area contributed by atoms with Gasteiger partial charge in [-0.2, -0.15) is 0 Å². The van der Waals surface area contributed by atoms with Crippen molar-refractivity contribution in [2.45, 2.75) is 38.7 Å². The highest BCUT2D eigenvalue weighted by atomic mass is 16.5. The first-order valence-corrected chi connectivity index (χ1v) is 6.55. The zero-order chi connectivity index (χ0) is 11.9. The van der Waals surface area contributed by atoms with Crippen LogP contribution in [0.5, 0.6) is 0 Å². The normalized spacial score (nSPS) is 18.2. The van der Waals surface area contributed by atoms with Gasteiger partial charge in [0.2, 0.25) is 0 Å². The van der Waals surface area contributed by atoms with Gasteiger partial charge in [0.15, 0.2) is 0 Å². The van der Waals surface area contributed by atoms with E-state index in [1.54, 1.807) is 0 Å². The smallest absolute Gasteiger partial charge is 0.108 e. The van der Waals surface area contributed by atoms with E-state index in [2.05, 4.69) is 43.1 Å². The van der Waals surface area contributed by atoms with Gasteiger partial charge >= 0.3 is 0 Å². The molecule has 1 aliphatic rings. The zero-order valence-electron chi connectivity index (χ0n) is 10.5. The van der Waals surface area contributed by atoms with Crippen molar-refractivity contribution >= 4 is 10.9 Å². The summed E-state index contributed by atoms with van der Waals surface area (Å²) in [6, 6.07) is 8.58. The quantitative estimate of drug-likeness (QED) is 0.833. The second-order valence-corrected chi connectivity index (χ2v) is 4.82. The monoisotopic (exact) mass is 229 g/mol. The van der Waals surface area contributed by atoms with E-state index in [4.69, 9.17) is 4.74 Å². The Hall–Kier alpha value is -1.28. The molecule has 0 radical (unpaired) electrons. The Labute approximate surface area is 102 Å². The number of ether oxygens (including phenoxy) is 1. The summed E-state index contributed by atoms with van der Waals surface area (Å²) in [4.78, 5) is 3.58. The lowest BCUT2D eigenvalue weighted by atomic mass is 9.87. The van der Waals surface area contributed by atoms with Gasteiger partial charge in [-0.1, -0.05) is 32.0 Å². The molecule has 3 rings (SSSR count). The second-order valence-electron chi connectivity index (χ2n) is 4.82. The molecule has 0 amide bonds. The highest BCUT2D eigenvalue weighted by molar-refractivity contribution is 5.85. The minimum atomic E-state index is -0.0907. The molecule has 2 heterocycles. The standard InChI is InChI=1S/C15H19NO/c1-3-15(4-2)14-12(9-10-17-15)11-7-5-6-8-13(11)16-14/h5-8,16H,3-4,9-10H2,1-2H3. The first-order chi connectivity index (χ1) is 8.30. The van der Waals surface area contributed by atoms with E-state index in [0.29, 0.717) is 0 Å². The van der Waals surface area contributed by atoms with Crippen molar-refractivity contribution in [2.75, 3.05) is 6.61 Å². The maximum Gasteiger partial charge on any atom is 0.108 e. The topological polar surface area (TPSA) is 25.0 Å². The van der Waals surface area contributed by atoms with E-state index in [1.165, 1.54) is 22.2 Å². The zero-order valence-corrected chi connectivity index (χ0v) is 10.5.